The first-order valence-electron chi connectivity index (χ1n) is 10.3. The molecule has 1 N–H and O–H groups in total. The number of carbonyl (C=O) groups is 1. The lowest BCUT2D eigenvalue weighted by Crippen LogP contribution is -2.26. The van der Waals surface area contributed by atoms with Gasteiger partial charge in [0.15, 0.2) is 0 Å². The largest absolute Gasteiger partial charge is 0.352 e. The van der Waals surface area contributed by atoms with Crippen LogP contribution in [0.15, 0.2) is 79.0 Å². The molecule has 0 radical (unpaired) electrons. The highest BCUT2D eigenvalue weighted by molar-refractivity contribution is 6.30. The number of rotatable bonds is 6. The maximum Gasteiger partial charge on any atom is 0.253 e. The first-order chi connectivity index (χ1) is 15.0. The molecule has 0 bridgehead atoms. The number of carbonyl (C=O) groups excluding carboxylic acids is 1. The van der Waals surface area contributed by atoms with Crippen LogP contribution in [0.2, 0.25) is 5.02 Å². The summed E-state index contributed by atoms with van der Waals surface area (Å²) >= 11 is 6.10. The van der Waals surface area contributed by atoms with Gasteiger partial charge in [-0.1, -0.05) is 41.9 Å². The van der Waals surface area contributed by atoms with Crippen LogP contribution in [-0.2, 0) is 6.42 Å². The second-order valence-electron chi connectivity index (χ2n) is 7.54. The smallest absolute Gasteiger partial charge is 0.253 e. The van der Waals surface area contributed by atoms with Gasteiger partial charge in [-0.3, -0.25) is 9.78 Å². The second-order valence-corrected chi connectivity index (χ2v) is 7.97. The molecule has 0 saturated heterocycles. The third kappa shape index (κ3) is 4.70. The predicted octanol–water partition coefficient (Wildman–Crippen LogP) is 5.78. The molecule has 1 amide bonds. The lowest BCUT2D eigenvalue weighted by Gasteiger charge is -2.13. The van der Waals surface area contributed by atoms with Gasteiger partial charge in [0.2, 0.25) is 0 Å². The van der Waals surface area contributed by atoms with Gasteiger partial charge in [-0.15, -0.1) is 0 Å². The van der Waals surface area contributed by atoms with E-state index in [0.717, 1.165) is 33.9 Å². The van der Waals surface area contributed by atoms with Gasteiger partial charge in [-0.05, 0) is 67.4 Å². The van der Waals surface area contributed by atoms with Gasteiger partial charge in [0, 0.05) is 41.3 Å². The molecule has 0 fully saturated rings. The molecule has 2 aromatic carbocycles. The van der Waals surface area contributed by atoms with E-state index in [1.807, 2.05) is 61.5 Å². The van der Waals surface area contributed by atoms with Gasteiger partial charge in [-0.25, -0.2) is 0 Å². The minimum Gasteiger partial charge on any atom is -0.352 e. The molecule has 0 aliphatic carbocycles. The minimum atomic E-state index is -0.0879. The van der Waals surface area contributed by atoms with Crippen molar-refractivity contribution >= 4 is 17.5 Å². The zero-order valence-electron chi connectivity index (χ0n) is 17.6. The van der Waals surface area contributed by atoms with Gasteiger partial charge < -0.3 is 9.88 Å². The SMILES string of the molecule is Cc1cccc(-n2c(-c3ccc(Cl)cc3)cc(C(=O)NCCc3ccccn3)c2C)c1. The van der Waals surface area contributed by atoms with Crippen molar-refractivity contribution in [3.8, 4) is 16.9 Å². The monoisotopic (exact) mass is 429 g/mol. The fraction of sp³-hybridized carbons (Fsp3) is 0.154. The van der Waals surface area contributed by atoms with Gasteiger partial charge in [0.25, 0.3) is 5.91 Å². The second kappa shape index (κ2) is 9.19. The van der Waals surface area contributed by atoms with Crippen molar-refractivity contribution in [1.29, 1.82) is 0 Å². The molecule has 0 saturated carbocycles. The molecule has 4 nitrogen and oxygen atoms in total. The standard InChI is InChI=1S/C26H24ClN3O/c1-18-6-5-8-23(16-18)30-19(2)24(17-25(30)20-9-11-21(27)12-10-20)26(31)29-15-13-22-7-3-4-14-28-22/h3-12,14,16-17H,13,15H2,1-2H3,(H,29,31). The van der Waals surface area contributed by atoms with Crippen LogP contribution >= 0.6 is 11.6 Å². The van der Waals surface area contributed by atoms with E-state index in [2.05, 4.69) is 40.0 Å². The number of hydrogen-bond acceptors (Lipinski definition) is 2. The van der Waals surface area contributed by atoms with Crippen molar-refractivity contribution in [3.63, 3.8) is 0 Å². The molecular weight excluding hydrogens is 406 g/mol. The van der Waals surface area contributed by atoms with Gasteiger partial charge in [0.1, 0.15) is 0 Å². The summed E-state index contributed by atoms with van der Waals surface area (Å²) in [6, 6.07) is 23.7. The zero-order valence-corrected chi connectivity index (χ0v) is 18.4. The molecule has 4 rings (SSSR count). The van der Waals surface area contributed by atoms with Crippen LogP contribution in [0.5, 0.6) is 0 Å². The van der Waals surface area contributed by atoms with Crippen molar-refractivity contribution in [2.75, 3.05) is 6.54 Å². The molecule has 0 atom stereocenters. The fourth-order valence-corrected chi connectivity index (χ4v) is 3.84. The number of nitrogens with zero attached hydrogens (tertiary/aromatic N) is 2. The summed E-state index contributed by atoms with van der Waals surface area (Å²) in [4.78, 5) is 17.4. The summed E-state index contributed by atoms with van der Waals surface area (Å²) in [5.74, 6) is -0.0879. The van der Waals surface area contributed by atoms with E-state index in [0.29, 0.717) is 23.6 Å². The Morgan fingerprint density at radius 3 is 2.52 bits per heavy atom. The van der Waals surface area contributed by atoms with Gasteiger partial charge in [0.05, 0.1) is 11.3 Å². The molecule has 156 valence electrons. The molecule has 0 unspecified atom stereocenters. The summed E-state index contributed by atoms with van der Waals surface area (Å²) in [6.45, 7) is 4.58. The van der Waals surface area contributed by atoms with Crippen molar-refractivity contribution in [2.24, 2.45) is 0 Å². The number of amides is 1. The Morgan fingerprint density at radius 1 is 1.00 bits per heavy atom. The highest BCUT2D eigenvalue weighted by Crippen LogP contribution is 2.30. The zero-order chi connectivity index (χ0) is 21.8. The van der Waals surface area contributed by atoms with E-state index >= 15 is 0 Å². The number of halogens is 1. The third-order valence-electron chi connectivity index (χ3n) is 5.28. The molecule has 2 heterocycles. The first kappa shape index (κ1) is 20.9. The van der Waals surface area contributed by atoms with E-state index in [1.165, 1.54) is 0 Å². The van der Waals surface area contributed by atoms with Crippen LogP contribution in [0.25, 0.3) is 16.9 Å². The topological polar surface area (TPSA) is 46.9 Å². The quantitative estimate of drug-likeness (QED) is 0.422. The Bertz CT molecular complexity index is 1200. The number of nitrogens with one attached hydrogen (secondary N) is 1. The van der Waals surface area contributed by atoms with E-state index < -0.39 is 0 Å². The van der Waals surface area contributed by atoms with Crippen molar-refractivity contribution in [1.82, 2.24) is 14.9 Å². The van der Waals surface area contributed by atoms with E-state index in [4.69, 9.17) is 11.6 Å². The molecule has 2 aromatic heterocycles. The summed E-state index contributed by atoms with van der Waals surface area (Å²) in [5.41, 5.74) is 6.65. The lowest BCUT2D eigenvalue weighted by atomic mass is 10.1. The van der Waals surface area contributed by atoms with Gasteiger partial charge in [-0.2, -0.15) is 0 Å². The molecule has 5 heteroatoms. The predicted molar refractivity (Wildman–Crippen MR) is 126 cm³/mol. The number of benzene rings is 2. The highest BCUT2D eigenvalue weighted by Gasteiger charge is 2.19. The normalized spacial score (nSPS) is 10.8. The van der Waals surface area contributed by atoms with Gasteiger partial charge >= 0.3 is 0 Å². The first-order valence-corrected chi connectivity index (χ1v) is 10.6. The van der Waals surface area contributed by atoms with Crippen LogP contribution < -0.4 is 5.32 Å². The fourth-order valence-electron chi connectivity index (χ4n) is 3.71. The molecular formula is C26H24ClN3O. The van der Waals surface area contributed by atoms with Crippen LogP contribution in [0, 0.1) is 13.8 Å². The maximum atomic E-state index is 13.0. The lowest BCUT2D eigenvalue weighted by molar-refractivity contribution is 0.0953. The highest BCUT2D eigenvalue weighted by atomic mass is 35.5. The summed E-state index contributed by atoms with van der Waals surface area (Å²) in [7, 11) is 0. The van der Waals surface area contributed by atoms with Crippen molar-refractivity contribution in [3.05, 3.63) is 107 Å². The Labute approximate surface area is 187 Å². The Balaban J connectivity index is 1.67. The number of hydrogen-bond donors (Lipinski definition) is 1. The average Bonchev–Trinajstić information content (AvgIpc) is 3.12. The van der Waals surface area contributed by atoms with Crippen molar-refractivity contribution < 1.29 is 4.79 Å². The van der Waals surface area contributed by atoms with E-state index in [9.17, 15) is 4.79 Å². The third-order valence-corrected chi connectivity index (χ3v) is 5.54. The Hall–Kier alpha value is -3.37. The summed E-state index contributed by atoms with van der Waals surface area (Å²) in [6.07, 6.45) is 2.45. The summed E-state index contributed by atoms with van der Waals surface area (Å²) in [5, 5.41) is 3.72. The van der Waals surface area contributed by atoms with E-state index in [1.54, 1.807) is 6.20 Å². The molecule has 0 spiro atoms. The maximum absolute atomic E-state index is 13.0. The van der Waals surface area contributed by atoms with Crippen LogP contribution in [0.1, 0.15) is 27.3 Å². The van der Waals surface area contributed by atoms with Crippen LogP contribution in [-0.4, -0.2) is 22.0 Å². The number of pyridine rings is 1. The Kier molecular flexibility index (Phi) is 6.19. The van der Waals surface area contributed by atoms with E-state index in [-0.39, 0.29) is 5.91 Å². The van der Waals surface area contributed by atoms with Crippen LogP contribution in [0.4, 0.5) is 0 Å². The molecule has 31 heavy (non-hydrogen) atoms. The number of aryl methyl sites for hydroxylation is 1. The summed E-state index contributed by atoms with van der Waals surface area (Å²) < 4.78 is 2.13. The Morgan fingerprint density at radius 2 is 1.81 bits per heavy atom. The molecule has 0 aliphatic heterocycles. The minimum absolute atomic E-state index is 0.0879. The van der Waals surface area contributed by atoms with Crippen LogP contribution in [0.3, 0.4) is 0 Å². The average molecular weight is 430 g/mol. The molecule has 0 aliphatic rings. The van der Waals surface area contributed by atoms with Crippen molar-refractivity contribution in [2.45, 2.75) is 20.3 Å². The number of aromatic nitrogens is 2. The molecule has 4 aromatic rings.